The van der Waals surface area contributed by atoms with Crippen LogP contribution in [0.1, 0.15) is 45.8 Å². The zero-order valence-corrected chi connectivity index (χ0v) is 30.5. The molecule has 1 N–H and O–H groups in total. The van der Waals surface area contributed by atoms with Gasteiger partial charge < -0.3 is 5.32 Å². The monoisotopic (exact) mass is 728 g/mol. The van der Waals surface area contributed by atoms with E-state index >= 15 is 0 Å². The van der Waals surface area contributed by atoms with Crippen LogP contribution in [-0.4, -0.2) is 41.1 Å². The fraction of sp³-hybridized carbons (Fsp3) is 0.211. The van der Waals surface area contributed by atoms with E-state index in [-0.39, 0.29) is 35.8 Å². The third-order valence-electron chi connectivity index (χ3n) is 8.60. The number of fused-ring (bicyclic) bond motifs is 2. The van der Waals surface area contributed by atoms with Crippen LogP contribution in [0.15, 0.2) is 114 Å². The molecule has 0 radical (unpaired) electrons. The molecule has 0 aliphatic carbocycles. The number of nitrogens with one attached hydrogen (secondary N) is 1. The minimum Gasteiger partial charge on any atom is -0.313 e. The second-order valence-corrected chi connectivity index (χ2v) is 16.3. The van der Waals surface area contributed by atoms with Gasteiger partial charge in [0.2, 0.25) is 10.0 Å². The van der Waals surface area contributed by atoms with Gasteiger partial charge in [0.15, 0.2) is 0 Å². The Hall–Kier alpha value is -3.90. The molecule has 7 rings (SSSR count). The van der Waals surface area contributed by atoms with Crippen LogP contribution in [0, 0.1) is 0 Å². The van der Waals surface area contributed by atoms with Gasteiger partial charge in [-0.25, -0.2) is 13.4 Å². The van der Waals surface area contributed by atoms with Crippen molar-refractivity contribution in [1.29, 1.82) is 0 Å². The minimum atomic E-state index is -3.79. The minimum absolute atomic E-state index is 0. The topological polar surface area (TPSA) is 82.6 Å². The molecule has 0 unspecified atom stereocenters. The third kappa shape index (κ3) is 7.50. The molecule has 0 bridgehead atoms. The number of thiophene rings is 1. The SMILES string of the molecule is CC(C)N(Cc1ccccc1)S(=O)(=O)c1ccc(C(=O)Nc2sc3c(c2-c2nc4ccccc4s2)CCN(Cc2ccccc2)C3)cc1.Cl. The largest absolute Gasteiger partial charge is 0.313 e. The molecule has 1 aliphatic rings. The molecule has 1 aliphatic heterocycles. The molecule has 6 aromatic rings. The first kappa shape index (κ1) is 34.9. The lowest BCUT2D eigenvalue weighted by atomic mass is 10.0. The first-order chi connectivity index (χ1) is 23.3. The van der Waals surface area contributed by atoms with Gasteiger partial charge in [0.25, 0.3) is 5.91 Å². The van der Waals surface area contributed by atoms with Crippen molar-refractivity contribution < 1.29 is 13.2 Å². The lowest BCUT2D eigenvalue weighted by Crippen LogP contribution is -2.36. The van der Waals surface area contributed by atoms with Crippen LogP contribution in [0.25, 0.3) is 20.8 Å². The predicted octanol–water partition coefficient (Wildman–Crippen LogP) is 8.86. The Kier molecular flexibility index (Phi) is 10.6. The highest BCUT2D eigenvalue weighted by atomic mass is 35.5. The summed E-state index contributed by atoms with van der Waals surface area (Å²) in [7, 11) is -3.79. The number of carbonyl (C=O) groups excluding carboxylic acids is 1. The van der Waals surface area contributed by atoms with Gasteiger partial charge in [-0.2, -0.15) is 4.31 Å². The number of sulfonamides is 1. The number of amides is 1. The summed E-state index contributed by atoms with van der Waals surface area (Å²) in [6, 6.07) is 34.1. The van der Waals surface area contributed by atoms with Crippen LogP contribution >= 0.6 is 35.1 Å². The van der Waals surface area contributed by atoms with Crippen molar-refractivity contribution in [3.63, 3.8) is 0 Å². The van der Waals surface area contributed by atoms with Crippen molar-refractivity contribution in [2.24, 2.45) is 0 Å². The molecule has 0 spiro atoms. The second-order valence-electron chi connectivity index (χ2n) is 12.2. The van der Waals surface area contributed by atoms with Gasteiger partial charge in [-0.05, 0) is 73.4 Å². The second kappa shape index (κ2) is 14.9. The molecule has 4 aromatic carbocycles. The Bertz CT molecular complexity index is 2130. The molecule has 11 heteroatoms. The molecule has 1 amide bonds. The Morgan fingerprint density at radius 1 is 0.878 bits per heavy atom. The van der Waals surface area contributed by atoms with E-state index in [0.717, 1.165) is 57.4 Å². The first-order valence-electron chi connectivity index (χ1n) is 16.0. The zero-order valence-electron chi connectivity index (χ0n) is 27.2. The summed E-state index contributed by atoms with van der Waals surface area (Å²) < 4.78 is 30.0. The summed E-state index contributed by atoms with van der Waals surface area (Å²) in [4.78, 5) is 22.6. The van der Waals surface area contributed by atoms with E-state index in [1.165, 1.54) is 32.4 Å². The van der Waals surface area contributed by atoms with Crippen LogP contribution < -0.4 is 5.32 Å². The highest BCUT2D eigenvalue weighted by Crippen LogP contribution is 2.46. The molecule has 49 heavy (non-hydrogen) atoms. The number of halogens is 1. The number of benzene rings is 4. The molecule has 0 atom stereocenters. The summed E-state index contributed by atoms with van der Waals surface area (Å²) in [6.45, 7) is 6.58. The number of rotatable bonds is 10. The number of thiazole rings is 1. The molecule has 252 valence electrons. The fourth-order valence-corrected chi connectivity index (χ4v) is 10.1. The zero-order chi connectivity index (χ0) is 33.3. The molecule has 2 aromatic heterocycles. The number of para-hydroxylation sites is 1. The summed E-state index contributed by atoms with van der Waals surface area (Å²) >= 11 is 3.25. The van der Waals surface area contributed by atoms with E-state index in [2.05, 4.69) is 40.5 Å². The van der Waals surface area contributed by atoms with Gasteiger partial charge >= 0.3 is 0 Å². The quantitative estimate of drug-likeness (QED) is 0.152. The first-order valence-corrected chi connectivity index (χ1v) is 19.1. The molecule has 0 saturated carbocycles. The average Bonchev–Trinajstić information content (AvgIpc) is 3.68. The van der Waals surface area contributed by atoms with E-state index in [1.54, 1.807) is 34.8 Å². The number of hydrogen-bond donors (Lipinski definition) is 1. The van der Waals surface area contributed by atoms with E-state index in [0.29, 0.717) is 5.56 Å². The number of nitrogens with zero attached hydrogens (tertiary/aromatic N) is 3. The van der Waals surface area contributed by atoms with Gasteiger partial charge in [0.1, 0.15) is 10.0 Å². The van der Waals surface area contributed by atoms with Crippen molar-refractivity contribution >= 4 is 66.2 Å². The maximum absolute atomic E-state index is 13.7. The van der Waals surface area contributed by atoms with Gasteiger partial charge in [-0.3, -0.25) is 9.69 Å². The van der Waals surface area contributed by atoms with Crippen molar-refractivity contribution in [3.8, 4) is 10.6 Å². The highest BCUT2D eigenvalue weighted by molar-refractivity contribution is 7.89. The molecular formula is C38H37ClN4O3S3. The van der Waals surface area contributed by atoms with E-state index < -0.39 is 10.0 Å². The maximum atomic E-state index is 13.7. The van der Waals surface area contributed by atoms with E-state index in [1.807, 2.05) is 68.4 Å². The molecule has 3 heterocycles. The Balaban J connectivity index is 0.00000417. The molecule has 7 nitrogen and oxygen atoms in total. The third-order valence-corrected chi connectivity index (χ3v) is 12.8. The summed E-state index contributed by atoms with van der Waals surface area (Å²) in [6.07, 6.45) is 0.863. The highest BCUT2D eigenvalue weighted by Gasteiger charge is 2.30. The summed E-state index contributed by atoms with van der Waals surface area (Å²) in [5.41, 5.74) is 5.76. The lowest BCUT2D eigenvalue weighted by molar-refractivity contribution is 0.102. The number of hydrogen-bond acceptors (Lipinski definition) is 7. The van der Waals surface area contributed by atoms with Crippen molar-refractivity contribution in [2.75, 3.05) is 11.9 Å². The van der Waals surface area contributed by atoms with Gasteiger partial charge in [-0.15, -0.1) is 35.1 Å². The van der Waals surface area contributed by atoms with Gasteiger partial charge in [0, 0.05) is 48.2 Å². The predicted molar refractivity (Wildman–Crippen MR) is 203 cm³/mol. The van der Waals surface area contributed by atoms with Gasteiger partial charge in [0.05, 0.1) is 15.1 Å². The molecular weight excluding hydrogens is 692 g/mol. The Morgan fingerprint density at radius 3 is 2.20 bits per heavy atom. The summed E-state index contributed by atoms with van der Waals surface area (Å²) in [5, 5.41) is 4.86. The van der Waals surface area contributed by atoms with E-state index in [4.69, 9.17) is 4.98 Å². The normalized spacial score (nSPS) is 13.4. The lowest BCUT2D eigenvalue weighted by Gasteiger charge is -2.27. The average molecular weight is 729 g/mol. The smallest absolute Gasteiger partial charge is 0.256 e. The van der Waals surface area contributed by atoms with E-state index in [9.17, 15) is 13.2 Å². The van der Waals surface area contributed by atoms with Crippen molar-refractivity contribution in [3.05, 3.63) is 136 Å². The Labute approximate surface area is 301 Å². The number of anilines is 1. The van der Waals surface area contributed by atoms with Crippen molar-refractivity contribution in [1.82, 2.24) is 14.2 Å². The standard InChI is InChI=1S/C38H36N4O3S3.ClH/c1-26(2)42(24-28-13-7-4-8-14-28)48(44,45)30-19-17-29(18-20-30)36(43)40-38-35(37-39-32-15-9-10-16-33(32)46-37)31-21-22-41(25-34(31)47-38)23-27-11-5-3-6-12-27;/h3-20,26H,21-25H2,1-2H3,(H,40,43);1H. The van der Waals surface area contributed by atoms with Crippen LogP contribution in [-0.2, 0) is 36.1 Å². The molecule has 0 fully saturated rings. The van der Waals surface area contributed by atoms with Crippen LogP contribution in [0.3, 0.4) is 0 Å². The number of aromatic nitrogens is 1. The van der Waals surface area contributed by atoms with Crippen LogP contribution in [0.5, 0.6) is 0 Å². The Morgan fingerprint density at radius 2 is 1.53 bits per heavy atom. The van der Waals surface area contributed by atoms with Crippen molar-refractivity contribution in [2.45, 2.75) is 50.8 Å². The van der Waals surface area contributed by atoms with Crippen LogP contribution in [0.4, 0.5) is 5.00 Å². The van der Waals surface area contributed by atoms with Crippen LogP contribution in [0.2, 0.25) is 0 Å². The maximum Gasteiger partial charge on any atom is 0.256 e. The summed E-state index contributed by atoms with van der Waals surface area (Å²) in [5.74, 6) is -0.286. The fourth-order valence-electron chi connectivity index (χ4n) is 6.12. The number of carbonyl (C=O) groups is 1. The molecule has 0 saturated heterocycles. The van der Waals surface area contributed by atoms with Gasteiger partial charge in [-0.1, -0.05) is 72.8 Å².